The number of hydrogen-bond donors (Lipinski definition) is 4. The summed E-state index contributed by atoms with van der Waals surface area (Å²) in [4.78, 5) is 78.3. The molecule has 1 saturated carbocycles. The second-order valence-electron chi connectivity index (χ2n) is 20.6. The Morgan fingerprint density at radius 1 is 0.676 bits per heavy atom. The summed E-state index contributed by atoms with van der Waals surface area (Å²) in [6.45, 7) is 8.91. The van der Waals surface area contributed by atoms with Crippen LogP contribution in [0.3, 0.4) is 0 Å². The average Bonchev–Trinajstić information content (AvgIpc) is 4.19. The first-order chi connectivity index (χ1) is 32.9. The van der Waals surface area contributed by atoms with Gasteiger partial charge in [-0.25, -0.2) is 19.6 Å². The summed E-state index contributed by atoms with van der Waals surface area (Å²) < 4.78 is 9.67. The number of carbonyl (C=O) groups is 4. The molecule has 5 heterocycles. The highest BCUT2D eigenvalue weighted by atomic mass is 16.5. The van der Waals surface area contributed by atoms with Crippen molar-refractivity contribution in [3.63, 3.8) is 0 Å². The molecule has 1 spiro atoms. The summed E-state index contributed by atoms with van der Waals surface area (Å²) in [5, 5.41) is 5.50. The maximum absolute atomic E-state index is 13.9. The number of pyridine rings is 1. The third-order valence-corrected chi connectivity index (χ3v) is 15.8. The van der Waals surface area contributed by atoms with Crippen molar-refractivity contribution >= 4 is 35.0 Å². The van der Waals surface area contributed by atoms with Crippen LogP contribution in [0.25, 0.3) is 44.7 Å². The van der Waals surface area contributed by atoms with Crippen molar-refractivity contribution in [2.24, 2.45) is 17.3 Å². The predicted octanol–water partition coefficient (Wildman–Crippen LogP) is 8.92. The number of ether oxygens (including phenoxy) is 2. The fourth-order valence-corrected chi connectivity index (χ4v) is 12.3. The molecule has 358 valence electrons. The van der Waals surface area contributed by atoms with Crippen LogP contribution in [0.15, 0.2) is 42.7 Å². The van der Waals surface area contributed by atoms with Gasteiger partial charge in [0.1, 0.15) is 23.7 Å². The van der Waals surface area contributed by atoms with Crippen molar-refractivity contribution < 1.29 is 28.7 Å². The zero-order valence-electron chi connectivity index (χ0n) is 40.3. The molecule has 2 aromatic carbocycles. The molecule has 5 aliphatic rings. The van der Waals surface area contributed by atoms with E-state index < -0.39 is 24.3 Å². The second-order valence-corrected chi connectivity index (χ2v) is 20.6. The summed E-state index contributed by atoms with van der Waals surface area (Å²) in [7, 11) is 2.62. The third kappa shape index (κ3) is 8.18. The number of aromatic nitrogens is 5. The van der Waals surface area contributed by atoms with E-state index in [4.69, 9.17) is 24.4 Å². The quantitative estimate of drug-likeness (QED) is 0.100. The van der Waals surface area contributed by atoms with Gasteiger partial charge in [0.2, 0.25) is 11.8 Å². The molecule has 15 nitrogen and oxygen atoms in total. The van der Waals surface area contributed by atoms with E-state index in [0.29, 0.717) is 13.1 Å². The molecule has 2 saturated heterocycles. The Morgan fingerprint density at radius 3 is 1.91 bits per heavy atom. The lowest BCUT2D eigenvalue weighted by molar-refractivity contribution is -0.136. The molecule has 2 aliphatic heterocycles. The van der Waals surface area contributed by atoms with Crippen LogP contribution >= 0.6 is 0 Å². The van der Waals surface area contributed by atoms with Gasteiger partial charge in [-0.2, -0.15) is 0 Å². The fourth-order valence-electron chi connectivity index (χ4n) is 12.3. The van der Waals surface area contributed by atoms with E-state index in [0.717, 1.165) is 103 Å². The van der Waals surface area contributed by atoms with E-state index in [-0.39, 0.29) is 41.1 Å². The molecular formula is C53H65N9O6. The summed E-state index contributed by atoms with van der Waals surface area (Å²) >= 11 is 0. The highest BCUT2D eigenvalue weighted by Crippen LogP contribution is 2.53. The van der Waals surface area contributed by atoms with Gasteiger partial charge in [-0.1, -0.05) is 58.7 Å². The fraction of sp³-hybridized carbons (Fsp3) is 0.528. The van der Waals surface area contributed by atoms with E-state index in [9.17, 15) is 19.2 Å². The van der Waals surface area contributed by atoms with Crippen molar-refractivity contribution in [2.45, 2.75) is 135 Å². The highest BCUT2D eigenvalue weighted by Gasteiger charge is 2.43. The minimum atomic E-state index is -0.695. The molecule has 3 aromatic heterocycles. The van der Waals surface area contributed by atoms with E-state index in [1.165, 1.54) is 73.3 Å². The SMILES string of the molecule is COC(=O)N[C@H](C(=O)N1CCC[C@H]1c1ncc(-c2ccc(-c3ncc(-c4ccc5nc([C@@H]6CCCN6C(=O)[C@@H](NC(=O)OC)C(C)C)[nH]c5c4)c4c3CC3(CCCC3)C4)c3c2CCC3)[nH]1)C(C)C. The lowest BCUT2D eigenvalue weighted by Gasteiger charge is -2.30. The lowest BCUT2D eigenvalue weighted by Crippen LogP contribution is -2.51. The predicted molar refractivity (Wildman–Crippen MR) is 258 cm³/mol. The molecule has 10 rings (SSSR count). The molecular weight excluding hydrogens is 859 g/mol. The number of H-pyrrole nitrogens is 2. The Labute approximate surface area is 398 Å². The molecule has 68 heavy (non-hydrogen) atoms. The Hall–Kier alpha value is -6.25. The molecule has 0 unspecified atom stereocenters. The highest BCUT2D eigenvalue weighted by molar-refractivity contribution is 5.88. The van der Waals surface area contributed by atoms with Gasteiger partial charge in [0.25, 0.3) is 0 Å². The molecule has 3 fully saturated rings. The van der Waals surface area contributed by atoms with Gasteiger partial charge in [0.05, 0.1) is 54.9 Å². The minimum absolute atomic E-state index is 0.106. The van der Waals surface area contributed by atoms with Crippen molar-refractivity contribution in [2.75, 3.05) is 27.3 Å². The van der Waals surface area contributed by atoms with Gasteiger partial charge >= 0.3 is 12.2 Å². The molecule has 5 aromatic rings. The van der Waals surface area contributed by atoms with Crippen LogP contribution in [0.1, 0.15) is 131 Å². The number of fused-ring (bicyclic) bond motifs is 3. The Kier molecular flexibility index (Phi) is 12.3. The molecule has 4 atom stereocenters. The number of hydrogen-bond acceptors (Lipinski definition) is 9. The summed E-state index contributed by atoms with van der Waals surface area (Å²) in [5.74, 6) is 1.07. The number of methoxy groups -OCH3 is 2. The first-order valence-corrected chi connectivity index (χ1v) is 24.9. The number of amides is 4. The van der Waals surface area contributed by atoms with Crippen LogP contribution < -0.4 is 10.6 Å². The van der Waals surface area contributed by atoms with Gasteiger partial charge in [-0.3, -0.25) is 14.6 Å². The zero-order valence-corrected chi connectivity index (χ0v) is 40.3. The van der Waals surface area contributed by atoms with Crippen LogP contribution in [0, 0.1) is 17.3 Å². The van der Waals surface area contributed by atoms with Crippen molar-refractivity contribution in [1.29, 1.82) is 0 Å². The van der Waals surface area contributed by atoms with Crippen LogP contribution in [0.2, 0.25) is 0 Å². The molecule has 0 radical (unpaired) electrons. The molecule has 4 N–H and O–H groups in total. The maximum Gasteiger partial charge on any atom is 0.407 e. The first kappa shape index (κ1) is 45.5. The number of nitrogens with one attached hydrogen (secondary N) is 4. The number of carbonyl (C=O) groups excluding carboxylic acids is 4. The number of alkyl carbamates (subject to hydrolysis) is 2. The average molecular weight is 924 g/mol. The lowest BCUT2D eigenvalue weighted by atomic mass is 9.82. The van der Waals surface area contributed by atoms with Crippen molar-refractivity contribution in [3.8, 4) is 33.6 Å². The van der Waals surface area contributed by atoms with Gasteiger partial charge in [0, 0.05) is 36.0 Å². The number of likely N-dealkylation sites (tertiary alicyclic amines) is 2. The number of aromatic amines is 2. The van der Waals surface area contributed by atoms with Gasteiger partial charge < -0.3 is 39.9 Å². The zero-order chi connectivity index (χ0) is 47.4. The van der Waals surface area contributed by atoms with Gasteiger partial charge in [-0.05, 0) is 128 Å². The van der Waals surface area contributed by atoms with E-state index in [2.05, 4.69) is 57.1 Å². The molecule has 15 heteroatoms. The van der Waals surface area contributed by atoms with Gasteiger partial charge in [0.15, 0.2) is 0 Å². The van der Waals surface area contributed by atoms with Crippen LogP contribution in [0.5, 0.6) is 0 Å². The van der Waals surface area contributed by atoms with Crippen LogP contribution in [0.4, 0.5) is 9.59 Å². The number of rotatable bonds is 11. The smallest absolute Gasteiger partial charge is 0.407 e. The van der Waals surface area contributed by atoms with Crippen molar-refractivity contribution in [1.82, 2.24) is 45.4 Å². The Bertz CT molecular complexity index is 2770. The summed E-state index contributed by atoms with van der Waals surface area (Å²) in [5.41, 5.74) is 14.3. The number of nitrogens with zero attached hydrogens (tertiary/aromatic N) is 5. The Morgan fingerprint density at radius 2 is 1.28 bits per heavy atom. The first-order valence-electron chi connectivity index (χ1n) is 24.9. The largest absolute Gasteiger partial charge is 0.453 e. The van der Waals surface area contributed by atoms with Crippen molar-refractivity contribution in [3.05, 3.63) is 76.6 Å². The second kappa shape index (κ2) is 18.3. The Balaban J connectivity index is 0.946. The van der Waals surface area contributed by atoms with E-state index in [1.807, 2.05) is 43.7 Å². The summed E-state index contributed by atoms with van der Waals surface area (Å²) in [6.07, 6.45) is 16.2. The molecule has 0 bridgehead atoms. The van der Waals surface area contributed by atoms with E-state index >= 15 is 0 Å². The van der Waals surface area contributed by atoms with Crippen LogP contribution in [-0.2, 0) is 44.7 Å². The molecule has 4 amide bonds. The molecule has 3 aliphatic carbocycles. The summed E-state index contributed by atoms with van der Waals surface area (Å²) in [6, 6.07) is 9.17. The van der Waals surface area contributed by atoms with Gasteiger partial charge in [-0.15, -0.1) is 0 Å². The van der Waals surface area contributed by atoms with E-state index in [1.54, 1.807) is 0 Å². The van der Waals surface area contributed by atoms with Crippen LogP contribution in [-0.4, -0.2) is 98.1 Å². The third-order valence-electron chi connectivity index (χ3n) is 15.8. The number of benzene rings is 2. The standard InChI is InChI=1S/C53H65N9O6/c1-29(2)44(59-51(65)67-5)49(63)61-22-10-14-42(61)47-55-28-41(58-47)34-17-18-35(33-13-9-12-32(33)34)46-37-26-53(20-7-8-21-53)25-36(37)38(27-54-46)31-16-19-39-40(24-31)57-48(56-39)43-15-11-23-62(43)50(64)45(30(3)4)60-52(66)68-6/h16-19,24,27-30,42-45H,7-15,20-23,25-26H2,1-6H3,(H,55,58)(H,56,57)(H,59,65)(H,60,66)/t42-,43-,44-,45-/m0/s1. The normalized spacial score (nSPS) is 20.4. The maximum atomic E-state index is 13.9. The minimum Gasteiger partial charge on any atom is -0.453 e. The number of imidazole rings is 2. The topological polar surface area (TPSA) is 188 Å². The monoisotopic (exact) mass is 924 g/mol.